The van der Waals surface area contributed by atoms with Gasteiger partial charge in [-0.05, 0) is 43.5 Å². The Labute approximate surface area is 143 Å². The summed E-state index contributed by atoms with van der Waals surface area (Å²) in [7, 11) is 0. The Morgan fingerprint density at radius 2 is 1.83 bits per heavy atom. The fraction of sp³-hybridized carbons (Fsp3) is 0.300. The fourth-order valence-electron chi connectivity index (χ4n) is 2.36. The standard InChI is InChI=1S/C20H22N2O2/c1-4-16-9-11-17(12-10-16)14(2)22-20(23)15(3)24-19-8-6-5-7-18(19)13-21/h5-12,14-15H,4H2,1-3H3,(H,22,23). The summed E-state index contributed by atoms with van der Waals surface area (Å²) < 4.78 is 5.64. The Bertz CT molecular complexity index is 732. The second-order valence-electron chi connectivity index (χ2n) is 5.69. The van der Waals surface area contributed by atoms with E-state index in [9.17, 15) is 4.79 Å². The molecular weight excluding hydrogens is 300 g/mol. The summed E-state index contributed by atoms with van der Waals surface area (Å²) in [6, 6.07) is 17.0. The topological polar surface area (TPSA) is 62.1 Å². The molecule has 0 saturated carbocycles. The molecule has 2 aromatic rings. The first kappa shape index (κ1) is 17.6. The monoisotopic (exact) mass is 322 g/mol. The zero-order valence-corrected chi connectivity index (χ0v) is 14.2. The Morgan fingerprint density at radius 3 is 2.46 bits per heavy atom. The van der Waals surface area contributed by atoms with Crippen LogP contribution in [0.3, 0.4) is 0 Å². The first-order valence-electron chi connectivity index (χ1n) is 8.10. The van der Waals surface area contributed by atoms with Crippen LogP contribution in [0.5, 0.6) is 5.75 Å². The van der Waals surface area contributed by atoms with Crippen molar-refractivity contribution in [2.24, 2.45) is 0 Å². The molecule has 1 N–H and O–H groups in total. The molecule has 0 bridgehead atoms. The van der Waals surface area contributed by atoms with E-state index in [0.717, 1.165) is 12.0 Å². The molecule has 0 aliphatic heterocycles. The molecule has 1 amide bonds. The van der Waals surface area contributed by atoms with Crippen LogP contribution in [0.2, 0.25) is 0 Å². The highest BCUT2D eigenvalue weighted by molar-refractivity contribution is 5.81. The molecule has 2 unspecified atom stereocenters. The number of para-hydroxylation sites is 1. The van der Waals surface area contributed by atoms with Crippen LogP contribution >= 0.6 is 0 Å². The van der Waals surface area contributed by atoms with Gasteiger partial charge in [-0.25, -0.2) is 0 Å². The van der Waals surface area contributed by atoms with Crippen LogP contribution in [-0.4, -0.2) is 12.0 Å². The molecule has 2 aromatic carbocycles. The molecule has 0 saturated heterocycles. The second kappa shape index (κ2) is 8.16. The average Bonchev–Trinajstić information content (AvgIpc) is 2.62. The molecule has 0 aliphatic rings. The minimum absolute atomic E-state index is 0.110. The van der Waals surface area contributed by atoms with E-state index in [1.807, 2.05) is 19.1 Å². The number of ether oxygens (including phenoxy) is 1. The van der Waals surface area contributed by atoms with Crippen molar-refractivity contribution in [2.45, 2.75) is 39.3 Å². The van der Waals surface area contributed by atoms with Gasteiger partial charge in [-0.15, -0.1) is 0 Å². The number of carbonyl (C=O) groups is 1. The number of amides is 1. The van der Waals surface area contributed by atoms with Crippen LogP contribution in [-0.2, 0) is 11.2 Å². The summed E-state index contributed by atoms with van der Waals surface area (Å²) in [6.07, 6.45) is 0.307. The van der Waals surface area contributed by atoms with E-state index in [4.69, 9.17) is 10.00 Å². The highest BCUT2D eigenvalue weighted by Crippen LogP contribution is 2.19. The lowest BCUT2D eigenvalue weighted by Gasteiger charge is -2.19. The molecule has 0 fully saturated rings. The maximum atomic E-state index is 12.3. The zero-order chi connectivity index (χ0) is 17.5. The average molecular weight is 322 g/mol. The minimum atomic E-state index is -0.683. The van der Waals surface area contributed by atoms with E-state index in [2.05, 4.69) is 30.4 Å². The highest BCUT2D eigenvalue weighted by Gasteiger charge is 2.18. The first-order chi connectivity index (χ1) is 11.5. The summed E-state index contributed by atoms with van der Waals surface area (Å²) in [5.41, 5.74) is 2.73. The third kappa shape index (κ3) is 4.36. The molecule has 124 valence electrons. The van der Waals surface area contributed by atoms with Gasteiger partial charge in [-0.2, -0.15) is 5.26 Å². The normalized spacial score (nSPS) is 12.8. The number of aryl methyl sites for hydroxylation is 1. The van der Waals surface area contributed by atoms with Crippen LogP contribution in [0.4, 0.5) is 0 Å². The van der Waals surface area contributed by atoms with Crippen LogP contribution in [0, 0.1) is 11.3 Å². The van der Waals surface area contributed by atoms with Gasteiger partial charge in [0.25, 0.3) is 5.91 Å². The van der Waals surface area contributed by atoms with Crippen molar-refractivity contribution in [2.75, 3.05) is 0 Å². The van der Waals surface area contributed by atoms with Gasteiger partial charge < -0.3 is 10.1 Å². The van der Waals surface area contributed by atoms with Crippen LogP contribution in [0.25, 0.3) is 0 Å². The van der Waals surface area contributed by atoms with Gasteiger partial charge in [0.2, 0.25) is 0 Å². The van der Waals surface area contributed by atoms with Crippen molar-refractivity contribution in [3.05, 3.63) is 65.2 Å². The van der Waals surface area contributed by atoms with Gasteiger partial charge in [-0.1, -0.05) is 43.3 Å². The lowest BCUT2D eigenvalue weighted by atomic mass is 10.0. The SMILES string of the molecule is CCc1ccc(C(C)NC(=O)C(C)Oc2ccccc2C#N)cc1. The first-order valence-corrected chi connectivity index (χ1v) is 8.10. The summed E-state index contributed by atoms with van der Waals surface area (Å²) in [5, 5.41) is 12.0. The number of hydrogen-bond donors (Lipinski definition) is 1. The van der Waals surface area contributed by atoms with Crippen molar-refractivity contribution >= 4 is 5.91 Å². The van der Waals surface area contributed by atoms with E-state index >= 15 is 0 Å². The maximum absolute atomic E-state index is 12.3. The predicted octanol–water partition coefficient (Wildman–Crippen LogP) is 3.77. The van der Waals surface area contributed by atoms with Crippen molar-refractivity contribution in [3.63, 3.8) is 0 Å². The largest absolute Gasteiger partial charge is 0.480 e. The molecule has 4 nitrogen and oxygen atoms in total. The lowest BCUT2D eigenvalue weighted by molar-refractivity contribution is -0.127. The van der Waals surface area contributed by atoms with Gasteiger partial charge in [0.1, 0.15) is 11.8 Å². The van der Waals surface area contributed by atoms with E-state index in [1.165, 1.54) is 5.56 Å². The van der Waals surface area contributed by atoms with Crippen molar-refractivity contribution in [3.8, 4) is 11.8 Å². The van der Waals surface area contributed by atoms with Gasteiger partial charge in [-0.3, -0.25) is 4.79 Å². The number of carbonyl (C=O) groups excluding carboxylic acids is 1. The van der Waals surface area contributed by atoms with Gasteiger partial charge >= 0.3 is 0 Å². The molecule has 0 spiro atoms. The second-order valence-corrected chi connectivity index (χ2v) is 5.69. The molecule has 4 heteroatoms. The maximum Gasteiger partial charge on any atom is 0.261 e. The van der Waals surface area contributed by atoms with Crippen molar-refractivity contribution < 1.29 is 9.53 Å². The van der Waals surface area contributed by atoms with Crippen molar-refractivity contribution in [1.29, 1.82) is 5.26 Å². The molecule has 0 heterocycles. The van der Waals surface area contributed by atoms with Gasteiger partial charge in [0, 0.05) is 0 Å². The molecule has 0 aliphatic carbocycles. The van der Waals surface area contributed by atoms with E-state index in [0.29, 0.717) is 11.3 Å². The summed E-state index contributed by atoms with van der Waals surface area (Å²) in [5.74, 6) is 0.206. The number of nitriles is 1. The smallest absolute Gasteiger partial charge is 0.261 e. The Kier molecular flexibility index (Phi) is 5.97. The van der Waals surface area contributed by atoms with E-state index in [-0.39, 0.29) is 11.9 Å². The summed E-state index contributed by atoms with van der Waals surface area (Å²) in [4.78, 5) is 12.3. The molecule has 24 heavy (non-hydrogen) atoms. The van der Waals surface area contributed by atoms with Gasteiger partial charge in [0.15, 0.2) is 6.10 Å². The third-order valence-electron chi connectivity index (χ3n) is 3.93. The highest BCUT2D eigenvalue weighted by atomic mass is 16.5. The Hall–Kier alpha value is -2.80. The molecule has 2 atom stereocenters. The van der Waals surface area contributed by atoms with Crippen molar-refractivity contribution in [1.82, 2.24) is 5.32 Å². The number of benzene rings is 2. The summed E-state index contributed by atoms with van der Waals surface area (Å²) in [6.45, 7) is 5.73. The number of nitrogens with zero attached hydrogens (tertiary/aromatic N) is 1. The molecule has 0 radical (unpaired) electrons. The van der Waals surface area contributed by atoms with E-state index in [1.54, 1.807) is 31.2 Å². The Morgan fingerprint density at radius 1 is 1.17 bits per heavy atom. The number of hydrogen-bond acceptors (Lipinski definition) is 3. The van der Waals surface area contributed by atoms with E-state index < -0.39 is 6.10 Å². The predicted molar refractivity (Wildman–Crippen MR) is 93.6 cm³/mol. The minimum Gasteiger partial charge on any atom is -0.480 e. The number of nitrogens with one attached hydrogen (secondary N) is 1. The van der Waals surface area contributed by atoms with Crippen LogP contribution < -0.4 is 10.1 Å². The molecule has 0 aromatic heterocycles. The fourth-order valence-corrected chi connectivity index (χ4v) is 2.36. The summed E-state index contributed by atoms with van der Waals surface area (Å²) >= 11 is 0. The molecule has 2 rings (SSSR count). The third-order valence-corrected chi connectivity index (χ3v) is 3.93. The Balaban J connectivity index is 1.99. The quantitative estimate of drug-likeness (QED) is 0.880. The van der Waals surface area contributed by atoms with Crippen LogP contribution in [0.1, 0.15) is 43.5 Å². The van der Waals surface area contributed by atoms with Gasteiger partial charge in [0.05, 0.1) is 11.6 Å². The van der Waals surface area contributed by atoms with Crippen LogP contribution in [0.15, 0.2) is 48.5 Å². The lowest BCUT2D eigenvalue weighted by Crippen LogP contribution is -2.37. The molecular formula is C20H22N2O2. The zero-order valence-electron chi connectivity index (χ0n) is 14.2. The number of rotatable bonds is 6.